The van der Waals surface area contributed by atoms with Crippen molar-refractivity contribution < 1.29 is 19.1 Å². The number of hydrogen-bond acceptors (Lipinski definition) is 5. The molecule has 6 rings (SSSR count). The number of aromatic nitrogens is 1. The molecule has 0 bridgehead atoms. The van der Waals surface area contributed by atoms with E-state index in [0.29, 0.717) is 25.3 Å². The van der Waals surface area contributed by atoms with Crippen molar-refractivity contribution in [3.63, 3.8) is 0 Å². The van der Waals surface area contributed by atoms with Gasteiger partial charge >= 0.3 is 5.97 Å². The van der Waals surface area contributed by atoms with Gasteiger partial charge in [-0.15, -0.1) is 0 Å². The van der Waals surface area contributed by atoms with Crippen molar-refractivity contribution in [1.82, 2.24) is 10.3 Å². The highest BCUT2D eigenvalue weighted by Crippen LogP contribution is 2.75. The fourth-order valence-electron chi connectivity index (χ4n) is 12.0. The maximum Gasteiger partial charge on any atom is 0.312 e. The highest BCUT2D eigenvalue weighted by atomic mass is 16.5. The molecule has 0 aromatic carbocycles. The lowest BCUT2D eigenvalue weighted by Crippen LogP contribution is -2.66. The fraction of sp³-hybridized carbons (Fsp3) is 0.744. The zero-order valence-electron chi connectivity index (χ0n) is 29.1. The molecule has 4 unspecified atom stereocenters. The van der Waals surface area contributed by atoms with E-state index in [1.54, 1.807) is 13.3 Å². The highest BCUT2D eigenvalue weighted by molar-refractivity contribution is 6.04. The third-order valence-corrected chi connectivity index (χ3v) is 14.7. The van der Waals surface area contributed by atoms with Crippen LogP contribution in [0.15, 0.2) is 36.2 Å². The van der Waals surface area contributed by atoms with Gasteiger partial charge in [-0.3, -0.25) is 19.4 Å². The van der Waals surface area contributed by atoms with Crippen molar-refractivity contribution in [3.05, 3.63) is 41.7 Å². The van der Waals surface area contributed by atoms with E-state index in [9.17, 15) is 14.4 Å². The van der Waals surface area contributed by atoms with Crippen LogP contribution < -0.4 is 5.32 Å². The molecule has 1 amide bonds. The maximum atomic E-state index is 14.1. The Morgan fingerprint density at radius 2 is 1.71 bits per heavy atom. The number of carbonyl (C=O) groups is 3. The van der Waals surface area contributed by atoms with Crippen LogP contribution in [0.3, 0.4) is 0 Å². The summed E-state index contributed by atoms with van der Waals surface area (Å²) in [4.78, 5) is 45.6. The van der Waals surface area contributed by atoms with Crippen molar-refractivity contribution in [2.75, 3.05) is 13.7 Å². The second-order valence-electron chi connectivity index (χ2n) is 17.6. The van der Waals surface area contributed by atoms with Gasteiger partial charge in [0.05, 0.1) is 18.4 Å². The van der Waals surface area contributed by atoms with Crippen molar-refractivity contribution in [2.24, 2.45) is 56.2 Å². The van der Waals surface area contributed by atoms with Gasteiger partial charge in [-0.2, -0.15) is 0 Å². The number of rotatable bonds is 5. The van der Waals surface area contributed by atoms with Gasteiger partial charge in [0.2, 0.25) is 5.91 Å². The van der Waals surface area contributed by atoms with Crippen LogP contribution >= 0.6 is 0 Å². The molecule has 6 heteroatoms. The SMILES string of the molecule is COC(=O)[C@]12CCC(C)(C)CC1C1=CCC3[C@@]4(C)CC(C(=O)NCCc5cccnc5)C(=O)C(C)(C)C4CC[C@@]3(C)[C@]1(C)CC2. The monoisotopic (exact) mass is 616 g/mol. The van der Waals surface area contributed by atoms with Crippen LogP contribution in [0.4, 0.5) is 0 Å². The Balaban J connectivity index is 1.33. The average Bonchev–Trinajstić information content (AvgIpc) is 2.99. The third kappa shape index (κ3) is 4.69. The summed E-state index contributed by atoms with van der Waals surface area (Å²) in [6, 6.07) is 3.93. The van der Waals surface area contributed by atoms with Crippen molar-refractivity contribution in [1.29, 1.82) is 0 Å². The van der Waals surface area contributed by atoms with Gasteiger partial charge in [-0.25, -0.2) is 0 Å². The summed E-state index contributed by atoms with van der Waals surface area (Å²) in [6.45, 7) is 16.9. The molecule has 5 aliphatic rings. The summed E-state index contributed by atoms with van der Waals surface area (Å²) in [6.07, 6.45) is 15.3. The number of fused-ring (bicyclic) bond motifs is 7. The number of Topliss-reactive ketones (excluding diaryl/α,β-unsaturated/α-hetero) is 1. The van der Waals surface area contributed by atoms with Crippen LogP contribution in [0.1, 0.15) is 112 Å². The van der Waals surface area contributed by atoms with Gasteiger partial charge in [-0.05, 0) is 115 Å². The van der Waals surface area contributed by atoms with Gasteiger partial charge in [0.1, 0.15) is 0 Å². The molecular weight excluding hydrogens is 560 g/mol. The first-order valence-electron chi connectivity index (χ1n) is 17.6. The number of hydrogen-bond donors (Lipinski definition) is 1. The lowest BCUT2D eigenvalue weighted by molar-refractivity contribution is -0.196. The first-order chi connectivity index (χ1) is 21.1. The highest BCUT2D eigenvalue weighted by Gasteiger charge is 2.70. The molecule has 1 heterocycles. The minimum Gasteiger partial charge on any atom is -0.469 e. The topological polar surface area (TPSA) is 85.4 Å². The van der Waals surface area contributed by atoms with Gasteiger partial charge in [0.15, 0.2) is 5.78 Å². The largest absolute Gasteiger partial charge is 0.469 e. The molecule has 1 aromatic heterocycles. The number of esters is 1. The van der Waals surface area contributed by atoms with Crippen LogP contribution in [0, 0.1) is 56.2 Å². The summed E-state index contributed by atoms with van der Waals surface area (Å²) in [7, 11) is 1.56. The molecule has 0 spiro atoms. The quantitative estimate of drug-likeness (QED) is 0.210. The second kappa shape index (κ2) is 10.8. The smallest absolute Gasteiger partial charge is 0.312 e. The Morgan fingerprint density at radius 1 is 0.978 bits per heavy atom. The van der Waals surface area contributed by atoms with Gasteiger partial charge < -0.3 is 10.1 Å². The molecule has 1 aromatic rings. The first-order valence-corrected chi connectivity index (χ1v) is 17.6. The predicted molar refractivity (Wildman–Crippen MR) is 176 cm³/mol. The Bertz CT molecular complexity index is 1400. The number of allylic oxidation sites excluding steroid dienone is 2. The van der Waals surface area contributed by atoms with E-state index in [1.165, 1.54) is 5.57 Å². The molecule has 246 valence electrons. The molecule has 0 aliphatic heterocycles. The van der Waals surface area contributed by atoms with E-state index in [1.807, 2.05) is 18.3 Å². The lowest BCUT2D eigenvalue weighted by atomic mass is 9.33. The van der Waals surface area contributed by atoms with E-state index >= 15 is 0 Å². The number of nitrogens with zero attached hydrogens (tertiary/aromatic N) is 1. The zero-order valence-corrected chi connectivity index (χ0v) is 29.1. The summed E-state index contributed by atoms with van der Waals surface area (Å²) in [5.74, 6) is 0.144. The summed E-state index contributed by atoms with van der Waals surface area (Å²) in [5.41, 5.74) is 1.62. The summed E-state index contributed by atoms with van der Waals surface area (Å²) in [5, 5.41) is 3.13. The van der Waals surface area contributed by atoms with Gasteiger partial charge in [-0.1, -0.05) is 66.2 Å². The predicted octanol–water partition coefficient (Wildman–Crippen LogP) is 7.51. The van der Waals surface area contributed by atoms with Crippen molar-refractivity contribution in [3.8, 4) is 0 Å². The molecule has 5 aliphatic carbocycles. The summed E-state index contributed by atoms with van der Waals surface area (Å²) < 4.78 is 5.53. The van der Waals surface area contributed by atoms with E-state index < -0.39 is 16.7 Å². The van der Waals surface area contributed by atoms with Crippen molar-refractivity contribution in [2.45, 2.75) is 113 Å². The first kappa shape index (κ1) is 32.4. The Kier molecular flexibility index (Phi) is 7.76. The van der Waals surface area contributed by atoms with Crippen molar-refractivity contribution >= 4 is 17.7 Å². The Morgan fingerprint density at radius 3 is 2.40 bits per heavy atom. The standard InChI is InChI=1S/C39H56N2O4/c1-34(2)16-18-39(33(44)45-8)19-17-37(6)27(28(39)23-34)11-12-30-36(5)22-26(32(43)41-21-14-25-10-9-20-40-24-25)31(42)35(3,4)29(36)13-15-38(30,37)7/h9-11,20,24,26,28-30H,12-19,21-23H2,1-8H3,(H,41,43)/t26?,28?,29?,30?,36-,37+,38+,39-/m0/s1. The maximum absolute atomic E-state index is 14.1. The van der Waals surface area contributed by atoms with Gasteiger partial charge in [0.25, 0.3) is 0 Å². The fourth-order valence-corrected chi connectivity index (χ4v) is 12.0. The minimum atomic E-state index is -0.631. The van der Waals surface area contributed by atoms with E-state index in [4.69, 9.17) is 4.74 Å². The molecule has 6 nitrogen and oxygen atoms in total. The number of methoxy groups -OCH3 is 1. The minimum absolute atomic E-state index is 0.0150. The van der Waals surface area contributed by atoms with Crippen LogP contribution in [0.2, 0.25) is 0 Å². The molecular formula is C39H56N2O4. The third-order valence-electron chi connectivity index (χ3n) is 14.7. The molecule has 4 fully saturated rings. The Hall–Kier alpha value is -2.50. The van der Waals surface area contributed by atoms with Crippen LogP contribution in [0.5, 0.6) is 0 Å². The summed E-state index contributed by atoms with van der Waals surface area (Å²) >= 11 is 0. The Labute approximate surface area is 270 Å². The lowest BCUT2D eigenvalue weighted by Gasteiger charge is -2.71. The molecule has 0 radical (unpaired) electrons. The molecule has 0 saturated heterocycles. The zero-order chi connectivity index (χ0) is 32.6. The van der Waals surface area contributed by atoms with Crippen LogP contribution in [-0.4, -0.2) is 36.3 Å². The van der Waals surface area contributed by atoms with Crippen LogP contribution in [-0.2, 0) is 25.5 Å². The number of pyridine rings is 1. The molecule has 45 heavy (non-hydrogen) atoms. The second-order valence-corrected chi connectivity index (χ2v) is 17.6. The number of carbonyl (C=O) groups excluding carboxylic acids is 3. The van der Waals surface area contributed by atoms with Gasteiger partial charge in [0, 0.05) is 24.4 Å². The molecule has 4 saturated carbocycles. The number of ether oxygens (including phenoxy) is 1. The van der Waals surface area contributed by atoms with E-state index in [2.05, 4.69) is 64.8 Å². The average molecular weight is 617 g/mol. The molecule has 8 atom stereocenters. The van der Waals surface area contributed by atoms with E-state index in [0.717, 1.165) is 56.9 Å². The van der Waals surface area contributed by atoms with Crippen LogP contribution in [0.25, 0.3) is 0 Å². The molecule has 1 N–H and O–H groups in total. The van der Waals surface area contributed by atoms with E-state index in [-0.39, 0.29) is 51.2 Å². The normalized spacial score (nSPS) is 41.3. The number of ketones is 1. The number of nitrogens with one attached hydrogen (secondary N) is 1. The number of amides is 1.